The number of phenols is 1. The summed E-state index contributed by atoms with van der Waals surface area (Å²) in [4.78, 5) is 3.29. The Morgan fingerprint density at radius 1 is 1.62 bits per heavy atom. The Morgan fingerprint density at radius 3 is 3.00 bits per heavy atom. The third kappa shape index (κ3) is 3.04. The molecule has 0 saturated carbocycles. The van der Waals surface area contributed by atoms with Crippen molar-refractivity contribution in [2.24, 2.45) is 0 Å². The lowest BCUT2D eigenvalue weighted by molar-refractivity contribution is 0.308. The summed E-state index contributed by atoms with van der Waals surface area (Å²) >= 11 is 0. The molecule has 1 aromatic rings. The molecule has 1 rings (SSSR count). The summed E-state index contributed by atoms with van der Waals surface area (Å²) in [7, 11) is 0. The summed E-state index contributed by atoms with van der Waals surface area (Å²) < 4.78 is 5.27. The molecule has 1 unspecified atom stereocenters. The molecule has 68 valence electrons. The van der Waals surface area contributed by atoms with Gasteiger partial charge in [0.15, 0.2) is 6.61 Å². The standard InChI is InChI=1S/C10H11NO2/c1-8(11-2)7-13-10-5-3-4-9(12)6-10/h3-6,8,12H,7H2,1H3. The van der Waals surface area contributed by atoms with Crippen LogP contribution in [0.2, 0.25) is 0 Å². The van der Waals surface area contributed by atoms with E-state index in [2.05, 4.69) is 4.85 Å². The largest absolute Gasteiger partial charge is 0.508 e. The molecule has 0 aliphatic heterocycles. The molecule has 3 heteroatoms. The van der Waals surface area contributed by atoms with Gasteiger partial charge in [0.05, 0.1) is 0 Å². The van der Waals surface area contributed by atoms with Crippen LogP contribution in [-0.4, -0.2) is 17.8 Å². The van der Waals surface area contributed by atoms with Gasteiger partial charge in [0.1, 0.15) is 11.5 Å². The molecule has 0 aliphatic carbocycles. The zero-order valence-electron chi connectivity index (χ0n) is 7.40. The monoisotopic (exact) mass is 177 g/mol. The Hall–Kier alpha value is -1.69. The first kappa shape index (κ1) is 9.40. The molecular formula is C10H11NO2. The highest BCUT2D eigenvalue weighted by Gasteiger charge is 2.04. The molecule has 3 nitrogen and oxygen atoms in total. The maximum Gasteiger partial charge on any atom is 0.254 e. The van der Waals surface area contributed by atoms with Crippen LogP contribution in [0.3, 0.4) is 0 Å². The van der Waals surface area contributed by atoms with Crippen molar-refractivity contribution in [1.29, 1.82) is 0 Å². The van der Waals surface area contributed by atoms with Gasteiger partial charge < -0.3 is 14.7 Å². The minimum atomic E-state index is -0.151. The van der Waals surface area contributed by atoms with Gasteiger partial charge in [0, 0.05) is 13.0 Å². The zero-order valence-corrected chi connectivity index (χ0v) is 7.40. The quantitative estimate of drug-likeness (QED) is 0.717. The fraction of sp³-hybridized carbons (Fsp3) is 0.300. The third-order valence-corrected chi connectivity index (χ3v) is 1.53. The van der Waals surface area contributed by atoms with E-state index in [-0.39, 0.29) is 11.8 Å². The van der Waals surface area contributed by atoms with E-state index in [0.717, 1.165) is 0 Å². The van der Waals surface area contributed by atoms with Crippen LogP contribution in [0.15, 0.2) is 24.3 Å². The SMILES string of the molecule is [C-]#[N+]C(C)COc1cccc(O)c1. The topological polar surface area (TPSA) is 33.8 Å². The Labute approximate surface area is 77.4 Å². The van der Waals surface area contributed by atoms with Gasteiger partial charge in [-0.05, 0) is 12.1 Å². The minimum Gasteiger partial charge on any atom is -0.508 e. The van der Waals surface area contributed by atoms with E-state index in [9.17, 15) is 0 Å². The van der Waals surface area contributed by atoms with Crippen molar-refractivity contribution in [2.75, 3.05) is 6.61 Å². The molecule has 0 spiro atoms. The molecule has 1 aromatic carbocycles. The smallest absolute Gasteiger partial charge is 0.254 e. The van der Waals surface area contributed by atoms with Gasteiger partial charge in [-0.2, -0.15) is 0 Å². The molecule has 1 atom stereocenters. The van der Waals surface area contributed by atoms with Gasteiger partial charge in [-0.1, -0.05) is 6.07 Å². The Morgan fingerprint density at radius 2 is 2.38 bits per heavy atom. The van der Waals surface area contributed by atoms with E-state index in [0.29, 0.717) is 12.4 Å². The number of ether oxygens (including phenoxy) is 1. The highest BCUT2D eigenvalue weighted by atomic mass is 16.5. The van der Waals surface area contributed by atoms with Crippen LogP contribution >= 0.6 is 0 Å². The van der Waals surface area contributed by atoms with Gasteiger partial charge >= 0.3 is 0 Å². The van der Waals surface area contributed by atoms with Crippen LogP contribution in [0.4, 0.5) is 0 Å². The van der Waals surface area contributed by atoms with Gasteiger partial charge in [0.2, 0.25) is 0 Å². The van der Waals surface area contributed by atoms with Gasteiger partial charge in [-0.3, -0.25) is 0 Å². The highest BCUT2D eigenvalue weighted by Crippen LogP contribution is 2.17. The first-order valence-electron chi connectivity index (χ1n) is 4.01. The molecule has 0 heterocycles. The van der Waals surface area contributed by atoms with Crippen LogP contribution < -0.4 is 4.74 Å². The van der Waals surface area contributed by atoms with Crippen molar-refractivity contribution in [2.45, 2.75) is 13.0 Å². The molecule has 0 radical (unpaired) electrons. The minimum absolute atomic E-state index is 0.151. The molecular weight excluding hydrogens is 166 g/mol. The van der Waals surface area contributed by atoms with Crippen molar-refractivity contribution < 1.29 is 9.84 Å². The van der Waals surface area contributed by atoms with E-state index >= 15 is 0 Å². The first-order chi connectivity index (χ1) is 6.22. The number of rotatable bonds is 3. The predicted octanol–water partition coefficient (Wildman–Crippen LogP) is 2.08. The van der Waals surface area contributed by atoms with Crippen LogP contribution in [-0.2, 0) is 0 Å². The first-order valence-corrected chi connectivity index (χ1v) is 4.01. The van der Waals surface area contributed by atoms with Crippen LogP contribution in [0.25, 0.3) is 4.85 Å². The second-order valence-electron chi connectivity index (χ2n) is 2.79. The van der Waals surface area contributed by atoms with Crippen molar-refractivity contribution in [1.82, 2.24) is 0 Å². The summed E-state index contributed by atoms with van der Waals surface area (Å²) in [6, 6.07) is 6.40. The molecule has 13 heavy (non-hydrogen) atoms. The molecule has 0 fully saturated rings. The fourth-order valence-electron chi connectivity index (χ4n) is 0.827. The van der Waals surface area contributed by atoms with Gasteiger partial charge in [-0.15, -0.1) is 0 Å². The summed E-state index contributed by atoms with van der Waals surface area (Å²) in [6.07, 6.45) is 0. The van der Waals surface area contributed by atoms with E-state index in [1.807, 2.05) is 0 Å². The molecule has 0 bridgehead atoms. The zero-order chi connectivity index (χ0) is 9.68. The molecule has 1 N–H and O–H groups in total. The third-order valence-electron chi connectivity index (χ3n) is 1.53. The second kappa shape index (κ2) is 4.36. The van der Waals surface area contributed by atoms with Crippen LogP contribution in [0, 0.1) is 6.57 Å². The maximum atomic E-state index is 9.10. The summed E-state index contributed by atoms with van der Waals surface area (Å²) in [5, 5.41) is 9.10. The summed E-state index contributed by atoms with van der Waals surface area (Å²) in [5.41, 5.74) is 0. The van der Waals surface area contributed by atoms with Crippen molar-refractivity contribution in [3.8, 4) is 11.5 Å². The molecule has 0 aromatic heterocycles. The lowest BCUT2D eigenvalue weighted by Gasteiger charge is -2.04. The average Bonchev–Trinajstić information content (AvgIpc) is 2.14. The lowest BCUT2D eigenvalue weighted by Crippen LogP contribution is -2.09. The van der Waals surface area contributed by atoms with Gasteiger partial charge in [-0.25, -0.2) is 6.57 Å². The Bertz CT molecular complexity index is 317. The Kier molecular flexibility index (Phi) is 3.15. The van der Waals surface area contributed by atoms with E-state index in [1.165, 1.54) is 6.07 Å². The van der Waals surface area contributed by atoms with Crippen LogP contribution in [0.5, 0.6) is 11.5 Å². The maximum absolute atomic E-state index is 9.10. The molecule has 0 amide bonds. The van der Waals surface area contributed by atoms with E-state index in [1.54, 1.807) is 25.1 Å². The number of benzene rings is 1. The molecule has 0 saturated heterocycles. The Balaban J connectivity index is 2.51. The van der Waals surface area contributed by atoms with E-state index < -0.39 is 0 Å². The van der Waals surface area contributed by atoms with E-state index in [4.69, 9.17) is 16.4 Å². The highest BCUT2D eigenvalue weighted by molar-refractivity contribution is 5.31. The number of phenolic OH excluding ortho intramolecular Hbond substituents is 1. The summed E-state index contributed by atoms with van der Waals surface area (Å²) in [6.45, 7) is 8.85. The molecule has 0 aliphatic rings. The number of aromatic hydroxyl groups is 1. The fourth-order valence-corrected chi connectivity index (χ4v) is 0.827. The van der Waals surface area contributed by atoms with Gasteiger partial charge in [0.25, 0.3) is 6.04 Å². The number of hydrogen-bond donors (Lipinski definition) is 1. The predicted molar refractivity (Wildman–Crippen MR) is 49.7 cm³/mol. The van der Waals surface area contributed by atoms with Crippen molar-refractivity contribution >= 4 is 0 Å². The lowest BCUT2D eigenvalue weighted by atomic mass is 10.3. The number of nitrogens with zero attached hydrogens (tertiary/aromatic N) is 1. The second-order valence-corrected chi connectivity index (χ2v) is 2.79. The number of hydrogen-bond acceptors (Lipinski definition) is 2. The normalized spacial score (nSPS) is 11.7. The van der Waals surface area contributed by atoms with Crippen molar-refractivity contribution in [3.63, 3.8) is 0 Å². The van der Waals surface area contributed by atoms with Crippen LogP contribution in [0.1, 0.15) is 6.92 Å². The van der Waals surface area contributed by atoms with Crippen molar-refractivity contribution in [3.05, 3.63) is 35.7 Å². The average molecular weight is 177 g/mol. The summed E-state index contributed by atoms with van der Waals surface area (Å²) in [5.74, 6) is 0.767.